The Morgan fingerprint density at radius 2 is 1.81 bits per heavy atom. The summed E-state index contributed by atoms with van der Waals surface area (Å²) in [6.45, 7) is 2.56. The van der Waals surface area contributed by atoms with Gasteiger partial charge >= 0.3 is 0 Å². The van der Waals surface area contributed by atoms with E-state index in [0.29, 0.717) is 18.3 Å². The van der Waals surface area contributed by atoms with Crippen molar-refractivity contribution in [2.45, 2.75) is 13.5 Å². The van der Waals surface area contributed by atoms with Crippen LogP contribution in [0.3, 0.4) is 0 Å². The van der Waals surface area contributed by atoms with Crippen LogP contribution in [0, 0.1) is 6.92 Å². The van der Waals surface area contributed by atoms with Gasteiger partial charge in [-0.3, -0.25) is 0 Å². The first-order valence-electron chi connectivity index (χ1n) is 6.61. The Labute approximate surface area is 131 Å². The summed E-state index contributed by atoms with van der Waals surface area (Å²) >= 11 is 3.48. The maximum atomic E-state index is 5.70. The van der Waals surface area contributed by atoms with Crippen LogP contribution in [-0.2, 0) is 6.54 Å². The minimum Gasteiger partial charge on any atom is -0.419 e. The van der Waals surface area contributed by atoms with Gasteiger partial charge in [-0.2, -0.15) is 0 Å². The molecule has 1 aromatic heterocycles. The summed E-state index contributed by atoms with van der Waals surface area (Å²) in [6.07, 6.45) is 0. The molecule has 1 N–H and O–H groups in total. The monoisotopic (exact) mass is 343 g/mol. The zero-order chi connectivity index (χ0) is 14.7. The average molecular weight is 344 g/mol. The molecule has 0 atom stereocenters. The zero-order valence-electron chi connectivity index (χ0n) is 11.5. The van der Waals surface area contributed by atoms with Gasteiger partial charge in [0, 0.05) is 10.2 Å². The van der Waals surface area contributed by atoms with Gasteiger partial charge in [0.25, 0.3) is 0 Å². The molecule has 0 saturated heterocycles. The maximum absolute atomic E-state index is 5.70. The second-order valence-corrected chi connectivity index (χ2v) is 5.50. The molecule has 1 heterocycles. The van der Waals surface area contributed by atoms with Gasteiger partial charge in [0.15, 0.2) is 0 Å². The summed E-state index contributed by atoms with van der Waals surface area (Å²) in [5.74, 6) is 1.08. The molecule has 5 heteroatoms. The summed E-state index contributed by atoms with van der Waals surface area (Å²) in [6, 6.07) is 15.9. The van der Waals surface area contributed by atoms with Gasteiger partial charge in [-0.25, -0.2) is 0 Å². The molecule has 0 fully saturated rings. The molecule has 0 spiro atoms. The van der Waals surface area contributed by atoms with E-state index in [-0.39, 0.29) is 0 Å². The molecule has 106 valence electrons. The number of halogens is 1. The second-order valence-electron chi connectivity index (χ2n) is 4.65. The van der Waals surface area contributed by atoms with Crippen molar-refractivity contribution in [2.75, 3.05) is 5.32 Å². The van der Waals surface area contributed by atoms with E-state index in [0.717, 1.165) is 15.7 Å². The highest BCUT2D eigenvalue weighted by molar-refractivity contribution is 9.10. The summed E-state index contributed by atoms with van der Waals surface area (Å²) in [4.78, 5) is 0. The first-order chi connectivity index (χ1) is 10.2. The van der Waals surface area contributed by atoms with Crippen molar-refractivity contribution in [2.24, 2.45) is 0 Å². The molecule has 0 radical (unpaired) electrons. The smallest absolute Gasteiger partial charge is 0.248 e. The fraction of sp³-hybridized carbons (Fsp3) is 0.125. The Morgan fingerprint density at radius 3 is 2.62 bits per heavy atom. The highest BCUT2D eigenvalue weighted by atomic mass is 79.9. The van der Waals surface area contributed by atoms with Crippen LogP contribution in [0.4, 0.5) is 5.69 Å². The van der Waals surface area contributed by atoms with E-state index in [2.05, 4.69) is 44.4 Å². The first-order valence-corrected chi connectivity index (χ1v) is 7.40. The molecule has 0 saturated carbocycles. The summed E-state index contributed by atoms with van der Waals surface area (Å²) < 4.78 is 6.63. The van der Waals surface area contributed by atoms with Gasteiger partial charge in [-0.1, -0.05) is 30.3 Å². The van der Waals surface area contributed by atoms with Crippen molar-refractivity contribution in [3.63, 3.8) is 0 Å². The maximum Gasteiger partial charge on any atom is 0.248 e. The number of nitrogens with one attached hydrogen (secondary N) is 1. The molecular weight excluding hydrogens is 330 g/mol. The van der Waals surface area contributed by atoms with Gasteiger partial charge in [0.1, 0.15) is 0 Å². The number of hydrogen-bond donors (Lipinski definition) is 1. The van der Waals surface area contributed by atoms with Crippen LogP contribution >= 0.6 is 15.9 Å². The van der Waals surface area contributed by atoms with E-state index in [4.69, 9.17) is 4.42 Å². The van der Waals surface area contributed by atoms with Gasteiger partial charge < -0.3 is 9.73 Å². The molecule has 2 aromatic carbocycles. The van der Waals surface area contributed by atoms with Crippen LogP contribution in [0.5, 0.6) is 0 Å². The number of nitrogens with zero attached hydrogens (tertiary/aromatic N) is 2. The highest BCUT2D eigenvalue weighted by Gasteiger charge is 2.11. The van der Waals surface area contributed by atoms with Crippen molar-refractivity contribution >= 4 is 21.6 Å². The number of anilines is 1. The van der Waals surface area contributed by atoms with Crippen LogP contribution < -0.4 is 5.32 Å². The van der Waals surface area contributed by atoms with Crippen molar-refractivity contribution in [3.05, 3.63) is 64.5 Å². The molecule has 3 rings (SSSR count). The Balaban J connectivity index is 1.74. The van der Waals surface area contributed by atoms with E-state index < -0.39 is 0 Å². The molecule has 0 amide bonds. The Hall–Kier alpha value is -2.14. The van der Waals surface area contributed by atoms with E-state index in [1.54, 1.807) is 0 Å². The standard InChI is InChI=1S/C16H14BrN3O/c1-11-6-2-5-9-14(11)18-10-15-19-20-16(21-15)12-7-3-4-8-13(12)17/h2-9,18H,10H2,1H3. The number of aromatic nitrogens is 2. The van der Waals surface area contributed by atoms with Crippen LogP contribution in [0.2, 0.25) is 0 Å². The van der Waals surface area contributed by atoms with Crippen molar-refractivity contribution < 1.29 is 4.42 Å². The molecule has 0 unspecified atom stereocenters. The van der Waals surface area contributed by atoms with E-state index in [1.165, 1.54) is 5.56 Å². The third-order valence-electron chi connectivity index (χ3n) is 3.15. The zero-order valence-corrected chi connectivity index (χ0v) is 13.1. The van der Waals surface area contributed by atoms with E-state index >= 15 is 0 Å². The van der Waals surface area contributed by atoms with Gasteiger partial charge in [0.05, 0.1) is 12.1 Å². The predicted octanol–water partition coefficient (Wildman–Crippen LogP) is 4.42. The van der Waals surface area contributed by atoms with E-state index in [1.807, 2.05) is 42.5 Å². The minimum atomic E-state index is 0.502. The average Bonchev–Trinajstić information content (AvgIpc) is 2.96. The topological polar surface area (TPSA) is 51.0 Å². The van der Waals surface area contributed by atoms with Crippen molar-refractivity contribution in [3.8, 4) is 11.5 Å². The normalized spacial score (nSPS) is 10.6. The molecule has 0 aliphatic rings. The van der Waals surface area contributed by atoms with Crippen molar-refractivity contribution in [1.82, 2.24) is 10.2 Å². The van der Waals surface area contributed by atoms with Crippen LogP contribution in [0.25, 0.3) is 11.5 Å². The molecule has 21 heavy (non-hydrogen) atoms. The van der Waals surface area contributed by atoms with Crippen LogP contribution in [-0.4, -0.2) is 10.2 Å². The Bertz CT molecular complexity index is 755. The van der Waals surface area contributed by atoms with Crippen LogP contribution in [0.1, 0.15) is 11.5 Å². The van der Waals surface area contributed by atoms with Crippen molar-refractivity contribution in [1.29, 1.82) is 0 Å². The first kappa shape index (κ1) is 13.8. The lowest BCUT2D eigenvalue weighted by atomic mass is 10.2. The lowest BCUT2D eigenvalue weighted by Gasteiger charge is -2.06. The van der Waals surface area contributed by atoms with Gasteiger partial charge in [-0.05, 0) is 46.6 Å². The SMILES string of the molecule is Cc1ccccc1NCc1nnc(-c2ccccc2Br)o1. The molecule has 0 aliphatic heterocycles. The molecule has 0 aliphatic carbocycles. The largest absolute Gasteiger partial charge is 0.419 e. The molecular formula is C16H14BrN3O. The summed E-state index contributed by atoms with van der Waals surface area (Å²) in [5.41, 5.74) is 3.15. The third-order valence-corrected chi connectivity index (χ3v) is 3.84. The summed E-state index contributed by atoms with van der Waals surface area (Å²) in [7, 11) is 0. The fourth-order valence-corrected chi connectivity index (χ4v) is 2.46. The highest BCUT2D eigenvalue weighted by Crippen LogP contribution is 2.26. The van der Waals surface area contributed by atoms with Gasteiger partial charge in [-0.15, -0.1) is 10.2 Å². The Morgan fingerprint density at radius 1 is 1.05 bits per heavy atom. The number of benzene rings is 2. The lowest BCUT2D eigenvalue weighted by molar-refractivity contribution is 0.514. The number of rotatable bonds is 4. The third kappa shape index (κ3) is 3.13. The van der Waals surface area contributed by atoms with Gasteiger partial charge in [0.2, 0.25) is 11.8 Å². The quantitative estimate of drug-likeness (QED) is 0.761. The molecule has 4 nitrogen and oxygen atoms in total. The molecule has 0 bridgehead atoms. The lowest BCUT2D eigenvalue weighted by Crippen LogP contribution is -2.00. The van der Waals surface area contributed by atoms with E-state index in [9.17, 15) is 0 Å². The predicted molar refractivity (Wildman–Crippen MR) is 85.9 cm³/mol. The Kier molecular flexibility index (Phi) is 4.01. The molecule has 3 aromatic rings. The number of para-hydroxylation sites is 1. The second kappa shape index (κ2) is 6.10. The summed E-state index contributed by atoms with van der Waals surface area (Å²) in [5, 5.41) is 11.5. The number of aryl methyl sites for hydroxylation is 1. The minimum absolute atomic E-state index is 0.502. The fourth-order valence-electron chi connectivity index (χ4n) is 2.01. The van der Waals surface area contributed by atoms with Crippen LogP contribution in [0.15, 0.2) is 57.4 Å². The number of hydrogen-bond acceptors (Lipinski definition) is 4.